The van der Waals surface area contributed by atoms with Crippen LogP contribution in [0.5, 0.6) is 0 Å². The highest BCUT2D eigenvalue weighted by atomic mass is 16.7. The van der Waals surface area contributed by atoms with Gasteiger partial charge in [0.2, 0.25) is 5.91 Å². The van der Waals surface area contributed by atoms with E-state index in [-0.39, 0.29) is 24.3 Å². The zero-order chi connectivity index (χ0) is 49.6. The van der Waals surface area contributed by atoms with Crippen LogP contribution in [0.4, 0.5) is 0 Å². The van der Waals surface area contributed by atoms with Crippen LogP contribution in [0.15, 0.2) is 18.2 Å². The summed E-state index contributed by atoms with van der Waals surface area (Å²) in [4.78, 5) is 33.1. The maximum atomic E-state index is 13.6. The number of fused-ring (bicyclic) bond motifs is 8. The molecule has 69 heavy (non-hydrogen) atoms. The molecule has 6 rings (SSSR count). The summed E-state index contributed by atoms with van der Waals surface area (Å²) in [6.07, 6.45) is -3.20. The van der Waals surface area contributed by atoms with E-state index in [1.807, 2.05) is 13.0 Å². The van der Waals surface area contributed by atoms with Crippen LogP contribution in [0.25, 0.3) is 33.7 Å². The monoisotopic (exact) mass is 966 g/mol. The van der Waals surface area contributed by atoms with E-state index in [1.165, 1.54) is 5.56 Å². The van der Waals surface area contributed by atoms with E-state index in [1.54, 1.807) is 19.1 Å². The highest BCUT2D eigenvalue weighted by Gasteiger charge is 2.44. The number of likely N-dealkylation sites (N-methyl/N-ethyl adjacent to an activating group) is 1. The van der Waals surface area contributed by atoms with Crippen molar-refractivity contribution in [2.75, 3.05) is 100.0 Å². The molecule has 7 atom stereocenters. The second-order valence-corrected chi connectivity index (χ2v) is 18.0. The van der Waals surface area contributed by atoms with Crippen molar-refractivity contribution < 1.29 is 63.1 Å². The van der Waals surface area contributed by atoms with E-state index < -0.39 is 37.3 Å². The van der Waals surface area contributed by atoms with Gasteiger partial charge in [-0.3, -0.25) is 9.78 Å². The molecule has 3 aromatic heterocycles. The van der Waals surface area contributed by atoms with Crippen LogP contribution < -0.4 is 0 Å². The number of aliphatic hydroxyl groups excluding tert-OH is 4. The molecule has 0 spiro atoms. The van der Waals surface area contributed by atoms with Gasteiger partial charge in [-0.05, 0) is 92.6 Å². The van der Waals surface area contributed by atoms with Crippen molar-refractivity contribution in [1.82, 2.24) is 24.8 Å². The van der Waals surface area contributed by atoms with Crippen molar-refractivity contribution >= 4 is 39.6 Å². The van der Waals surface area contributed by atoms with Crippen molar-refractivity contribution in [3.8, 4) is 0 Å². The minimum Gasteiger partial charge on any atom is -0.394 e. The Morgan fingerprint density at radius 2 is 1.32 bits per heavy atom. The Kier molecular flexibility index (Phi) is 20.7. The fraction of sp³-hybridized carbons (Fsp3) is 0.627. The lowest BCUT2D eigenvalue weighted by molar-refractivity contribution is -0.304. The first-order chi connectivity index (χ1) is 33.3. The van der Waals surface area contributed by atoms with Gasteiger partial charge in [0.25, 0.3) is 0 Å². The molecule has 3 aromatic rings. The first kappa shape index (κ1) is 54.2. The third kappa shape index (κ3) is 13.8. The van der Waals surface area contributed by atoms with Gasteiger partial charge in [0.15, 0.2) is 6.29 Å². The third-order valence-electron chi connectivity index (χ3n) is 13.4. The smallest absolute Gasteiger partial charge is 0.222 e. The summed E-state index contributed by atoms with van der Waals surface area (Å²) in [6.45, 7) is 17.6. The predicted molar refractivity (Wildman–Crippen MR) is 261 cm³/mol. The number of aromatic amines is 2. The van der Waals surface area contributed by atoms with Gasteiger partial charge in [-0.2, -0.15) is 0 Å². The van der Waals surface area contributed by atoms with Gasteiger partial charge in [-0.25, -0.2) is 4.98 Å². The molecule has 3 aliphatic rings. The van der Waals surface area contributed by atoms with E-state index >= 15 is 0 Å². The molecule has 0 saturated carbocycles. The number of nitrogens with one attached hydrogen (secondary N) is 2. The maximum absolute atomic E-state index is 13.6. The summed E-state index contributed by atoms with van der Waals surface area (Å²) >= 11 is 0. The van der Waals surface area contributed by atoms with Crippen molar-refractivity contribution in [3.05, 3.63) is 68.8 Å². The van der Waals surface area contributed by atoms with Crippen molar-refractivity contribution in [1.29, 1.82) is 0 Å². The van der Waals surface area contributed by atoms with Gasteiger partial charge in [0.05, 0.1) is 97.3 Å². The zero-order valence-electron chi connectivity index (χ0n) is 41.7. The summed E-state index contributed by atoms with van der Waals surface area (Å²) < 4.78 is 44.5. The van der Waals surface area contributed by atoms with Gasteiger partial charge in [-0.1, -0.05) is 13.8 Å². The van der Waals surface area contributed by atoms with E-state index in [9.17, 15) is 25.2 Å². The number of amides is 1. The summed E-state index contributed by atoms with van der Waals surface area (Å²) in [7, 11) is 3.44. The van der Waals surface area contributed by atoms with Crippen LogP contribution >= 0.6 is 0 Å². The summed E-state index contributed by atoms with van der Waals surface area (Å²) in [6, 6.07) is 6.21. The number of hydrogen-bond acceptors (Lipinski definition) is 15. The van der Waals surface area contributed by atoms with E-state index in [0.717, 1.165) is 79.1 Å². The molecule has 18 heteroatoms. The first-order valence-electron chi connectivity index (χ1n) is 24.2. The number of aromatic nitrogens is 4. The summed E-state index contributed by atoms with van der Waals surface area (Å²) in [5, 5.41) is 41.4. The molecule has 18 nitrogen and oxygen atoms in total. The molecular formula is C51H75N5O13. The molecule has 0 unspecified atom stereocenters. The summed E-state index contributed by atoms with van der Waals surface area (Å²) in [5.41, 5.74) is 12.8. The standard InChI is InChI=1S/C51H75N5O13/c1-9-35-31(3)41-27-44-37(29-68-51-50(61)49(60)48(59)45(28-57)69-51)33(5)40(54-44)26-42-32(4)36(47(55-42)34(6)39-24-30(2)38(52-39)25-43(35)53-41)10-11-46(58)56(7)12-13-63-16-17-65-20-21-67-23-22-66-19-18-64-15-14-62-8/h24-27,32,36,45,48-51,53-54,57,59-61H,9-23,28-29H2,1-8H3/t32-,36-,45+,48+,49-,50+,51+/m0/s1. The number of aliphatic hydroxyl groups is 4. The SMILES string of the molecule is CCc1c(C)c2cc3[nH]c(cc4nc(c(C)c5nc(cc1[nH]2)C(C)=C5)[C@@H](CCC(=O)N(C)CCOCCOCCOCCOCCOCCOC)[C@@H]4C)c(C)c3CO[C@@H]1O[C@H](CO)[C@@H](O)[C@H](O)[C@H]1O. The number of aryl methyl sites for hydroxylation is 3. The summed E-state index contributed by atoms with van der Waals surface area (Å²) in [5.74, 6) is -0.0989. The quantitative estimate of drug-likeness (QED) is 0.0607. The van der Waals surface area contributed by atoms with Crippen LogP contribution in [0.3, 0.4) is 0 Å². The lowest BCUT2D eigenvalue weighted by atomic mass is 9.85. The molecule has 1 fully saturated rings. The number of hydrogen-bond donors (Lipinski definition) is 6. The molecule has 8 bridgehead atoms. The lowest BCUT2D eigenvalue weighted by Gasteiger charge is -2.39. The number of H-pyrrole nitrogens is 2. The molecule has 6 N–H and O–H groups in total. The Hall–Kier alpha value is -4.15. The van der Waals surface area contributed by atoms with Crippen molar-refractivity contribution in [2.24, 2.45) is 0 Å². The molecule has 0 aromatic carbocycles. The number of carbonyl (C=O) groups excluding carboxylic acids is 1. The van der Waals surface area contributed by atoms with Gasteiger partial charge < -0.3 is 73.2 Å². The van der Waals surface area contributed by atoms with Crippen LogP contribution in [0, 0.1) is 20.8 Å². The van der Waals surface area contributed by atoms with Crippen LogP contribution in [0.1, 0.15) is 96.0 Å². The minimum atomic E-state index is -1.56. The second-order valence-electron chi connectivity index (χ2n) is 18.0. The van der Waals surface area contributed by atoms with Gasteiger partial charge in [0.1, 0.15) is 24.4 Å². The number of nitrogens with zero attached hydrogens (tertiary/aromatic N) is 3. The van der Waals surface area contributed by atoms with Crippen LogP contribution in [-0.2, 0) is 55.7 Å². The first-order valence-corrected chi connectivity index (χ1v) is 24.2. The highest BCUT2D eigenvalue weighted by Crippen LogP contribution is 2.42. The molecule has 0 aliphatic carbocycles. The number of rotatable bonds is 26. The minimum absolute atomic E-state index is 0.0189. The number of methoxy groups -OCH3 is 1. The lowest BCUT2D eigenvalue weighted by Crippen LogP contribution is -2.59. The molecule has 0 radical (unpaired) electrons. The van der Waals surface area contributed by atoms with Crippen LogP contribution in [-0.4, -0.2) is 182 Å². The average Bonchev–Trinajstić information content (AvgIpc) is 4.04. The molecule has 1 amide bonds. The number of carbonyl (C=O) groups is 1. The highest BCUT2D eigenvalue weighted by molar-refractivity contribution is 5.85. The number of ether oxygens (including phenoxy) is 8. The Labute approximate surface area is 405 Å². The van der Waals surface area contributed by atoms with Gasteiger partial charge >= 0.3 is 0 Å². The zero-order valence-corrected chi connectivity index (χ0v) is 41.7. The molecular weight excluding hydrogens is 891 g/mol. The molecule has 3 aliphatic heterocycles. The maximum Gasteiger partial charge on any atom is 0.222 e. The van der Waals surface area contributed by atoms with Crippen LogP contribution in [0.2, 0.25) is 0 Å². The normalized spacial score (nSPS) is 21.5. The molecule has 6 heterocycles. The van der Waals surface area contributed by atoms with Gasteiger partial charge in [0, 0.05) is 78.0 Å². The largest absolute Gasteiger partial charge is 0.394 e. The van der Waals surface area contributed by atoms with Gasteiger partial charge in [-0.15, -0.1) is 0 Å². The van der Waals surface area contributed by atoms with E-state index in [2.05, 4.69) is 62.8 Å². The Morgan fingerprint density at radius 1 is 0.739 bits per heavy atom. The predicted octanol–water partition coefficient (Wildman–Crippen LogP) is 4.53. The Morgan fingerprint density at radius 3 is 1.93 bits per heavy atom. The number of allylic oxidation sites excluding steroid dienone is 1. The Balaban J connectivity index is 1.14. The van der Waals surface area contributed by atoms with E-state index in [4.69, 9.17) is 47.9 Å². The molecule has 382 valence electrons. The fourth-order valence-electron chi connectivity index (χ4n) is 8.93. The second kappa shape index (κ2) is 26.3. The Bertz CT molecular complexity index is 2350. The topological polar surface area (TPSA) is 232 Å². The van der Waals surface area contributed by atoms with E-state index in [0.29, 0.717) is 92.1 Å². The van der Waals surface area contributed by atoms with Crippen molar-refractivity contribution in [2.45, 2.75) is 110 Å². The van der Waals surface area contributed by atoms with Crippen molar-refractivity contribution in [3.63, 3.8) is 0 Å². The average molecular weight is 966 g/mol. The third-order valence-corrected chi connectivity index (χ3v) is 13.4. The molecule has 1 saturated heterocycles. The fourth-order valence-corrected chi connectivity index (χ4v) is 8.93.